The van der Waals surface area contributed by atoms with Gasteiger partial charge in [-0.3, -0.25) is 0 Å². The smallest absolute Gasteiger partial charge is 0.377 e. The van der Waals surface area contributed by atoms with E-state index in [0.29, 0.717) is 11.6 Å². The molecule has 0 aliphatic heterocycles. The van der Waals surface area contributed by atoms with E-state index >= 15 is 0 Å². The number of aliphatic hydroxyl groups excluding tert-OH is 1. The van der Waals surface area contributed by atoms with Crippen LogP contribution in [0, 0.1) is 0 Å². The van der Waals surface area contributed by atoms with Crippen molar-refractivity contribution >= 4 is 8.80 Å². The summed E-state index contributed by atoms with van der Waals surface area (Å²) < 4.78 is 16.0. The highest BCUT2D eigenvalue weighted by Gasteiger charge is 2.39. The summed E-state index contributed by atoms with van der Waals surface area (Å²) in [5, 5.41) is 9.90. The lowest BCUT2D eigenvalue weighted by Gasteiger charge is -2.27. The van der Waals surface area contributed by atoms with Gasteiger partial charge in [0.1, 0.15) is 0 Å². The molecule has 90 valence electrons. The normalized spacial score (nSPS) is 13.8. The number of hydrogen-bond donors (Lipinski definition) is 1. The van der Waals surface area contributed by atoms with Crippen LogP contribution in [0.25, 0.3) is 0 Å². The molecule has 0 saturated heterocycles. The number of hydrogen-bond acceptors (Lipinski definition) is 4. The van der Waals surface area contributed by atoms with Gasteiger partial charge in [-0.25, -0.2) is 0 Å². The van der Waals surface area contributed by atoms with Crippen molar-refractivity contribution in [1.29, 1.82) is 0 Å². The number of benzene rings is 1. The summed E-state index contributed by atoms with van der Waals surface area (Å²) in [6.45, 7) is 1.91. The van der Waals surface area contributed by atoms with E-state index < -0.39 is 15.1 Å². The fourth-order valence-corrected chi connectivity index (χ4v) is 2.99. The molecule has 0 heterocycles. The quantitative estimate of drug-likeness (QED) is 0.612. The van der Waals surface area contributed by atoms with E-state index in [1.54, 1.807) is 12.1 Å². The molecule has 0 bridgehead atoms. The zero-order valence-corrected chi connectivity index (χ0v) is 10.8. The molecule has 1 aromatic carbocycles. The van der Waals surface area contributed by atoms with Crippen LogP contribution >= 0.6 is 0 Å². The van der Waals surface area contributed by atoms with Gasteiger partial charge in [0.05, 0.1) is 0 Å². The van der Waals surface area contributed by atoms with E-state index in [-0.39, 0.29) is 0 Å². The monoisotopic (exact) mass is 242 g/mol. The first-order valence-corrected chi connectivity index (χ1v) is 7.11. The minimum atomic E-state index is -2.71. The lowest BCUT2D eigenvalue weighted by Crippen LogP contribution is -2.44. The molecule has 0 spiro atoms. The first kappa shape index (κ1) is 13.3. The van der Waals surface area contributed by atoms with Gasteiger partial charge in [0.2, 0.25) is 0 Å². The summed E-state index contributed by atoms with van der Waals surface area (Å²) >= 11 is 0. The average molecular weight is 242 g/mol. The van der Waals surface area contributed by atoms with Crippen LogP contribution in [-0.4, -0.2) is 28.1 Å². The highest BCUT2D eigenvalue weighted by Crippen LogP contribution is 2.22. The van der Waals surface area contributed by atoms with Gasteiger partial charge in [-0.2, -0.15) is 0 Å². The second-order valence-electron chi connectivity index (χ2n) is 3.33. The van der Waals surface area contributed by atoms with Crippen molar-refractivity contribution in [1.82, 2.24) is 0 Å². The Balaban J connectivity index is 2.73. The van der Waals surface area contributed by atoms with Crippen LogP contribution in [0.2, 0.25) is 6.04 Å². The third-order valence-electron chi connectivity index (χ3n) is 2.43. The Morgan fingerprint density at radius 2 is 1.75 bits per heavy atom. The Bertz CT molecular complexity index is 292. The first-order valence-electron chi connectivity index (χ1n) is 5.18. The summed E-state index contributed by atoms with van der Waals surface area (Å²) in [7, 11) is 0.364. The fourth-order valence-electron chi connectivity index (χ4n) is 1.41. The Morgan fingerprint density at radius 1 is 1.19 bits per heavy atom. The van der Waals surface area contributed by atoms with E-state index in [1.165, 1.54) is 14.2 Å². The second-order valence-corrected chi connectivity index (χ2v) is 6.45. The van der Waals surface area contributed by atoms with Gasteiger partial charge < -0.3 is 18.4 Å². The lowest BCUT2D eigenvalue weighted by molar-refractivity contribution is -0.0720. The molecular formula is C11H18O4Si. The minimum absolute atomic E-state index is 0.615. The van der Waals surface area contributed by atoms with Gasteiger partial charge in [-0.15, -0.1) is 0 Å². The van der Waals surface area contributed by atoms with Crippen molar-refractivity contribution in [3.8, 4) is 0 Å². The summed E-state index contributed by atoms with van der Waals surface area (Å²) in [6.07, 6.45) is -1.01. The molecule has 1 rings (SSSR count). The molecule has 0 saturated carbocycles. The predicted molar refractivity (Wildman–Crippen MR) is 62.7 cm³/mol. The van der Waals surface area contributed by atoms with Gasteiger partial charge in [0.15, 0.2) is 6.29 Å². The van der Waals surface area contributed by atoms with Crippen molar-refractivity contribution in [3.05, 3.63) is 35.9 Å². The summed E-state index contributed by atoms with van der Waals surface area (Å²) in [4.78, 5) is 0. The van der Waals surface area contributed by atoms with Crippen molar-refractivity contribution in [2.45, 2.75) is 19.3 Å². The highest BCUT2D eigenvalue weighted by molar-refractivity contribution is 6.60. The summed E-state index contributed by atoms with van der Waals surface area (Å²) in [6, 6.07) is 9.78. The molecule has 0 fully saturated rings. The number of aliphatic hydroxyl groups is 1. The molecular weight excluding hydrogens is 224 g/mol. The van der Waals surface area contributed by atoms with Gasteiger partial charge in [0, 0.05) is 25.8 Å². The third kappa shape index (κ3) is 3.13. The molecule has 0 amide bonds. The molecule has 0 aliphatic rings. The van der Waals surface area contributed by atoms with Crippen molar-refractivity contribution in [2.75, 3.05) is 14.2 Å². The van der Waals surface area contributed by atoms with Gasteiger partial charge in [-0.05, 0) is 0 Å². The fraction of sp³-hybridized carbons (Fsp3) is 0.455. The number of rotatable bonds is 6. The topological polar surface area (TPSA) is 47.9 Å². The molecule has 4 nitrogen and oxygen atoms in total. The van der Waals surface area contributed by atoms with Crippen LogP contribution < -0.4 is 0 Å². The van der Waals surface area contributed by atoms with Crippen LogP contribution in [0.4, 0.5) is 0 Å². The second kappa shape index (κ2) is 6.12. The Morgan fingerprint density at radius 3 is 2.19 bits per heavy atom. The molecule has 1 N–H and O–H groups in total. The van der Waals surface area contributed by atoms with Crippen molar-refractivity contribution < 1.29 is 18.4 Å². The Hall–Kier alpha value is -0.723. The Kier molecular flexibility index (Phi) is 5.10. The van der Waals surface area contributed by atoms with E-state index in [2.05, 4.69) is 0 Å². The predicted octanol–water partition coefficient (Wildman–Crippen LogP) is 1.95. The van der Waals surface area contributed by atoms with Crippen LogP contribution in [0.15, 0.2) is 30.3 Å². The lowest BCUT2D eigenvalue weighted by atomic mass is 10.2. The summed E-state index contributed by atoms with van der Waals surface area (Å²) in [5.74, 6) is 0. The van der Waals surface area contributed by atoms with Gasteiger partial charge in [-0.1, -0.05) is 37.3 Å². The molecule has 5 heteroatoms. The zero-order valence-electron chi connectivity index (χ0n) is 9.84. The molecule has 0 radical (unpaired) electrons. The van der Waals surface area contributed by atoms with Crippen molar-refractivity contribution in [3.63, 3.8) is 0 Å². The van der Waals surface area contributed by atoms with Gasteiger partial charge in [0.25, 0.3) is 0 Å². The molecule has 1 atom stereocenters. The molecule has 1 unspecified atom stereocenters. The SMILES string of the molecule is CC[Si](OC)(OC)OC(O)c1ccccc1. The Labute approximate surface area is 97.1 Å². The first-order chi connectivity index (χ1) is 7.67. The molecule has 0 aliphatic carbocycles. The van der Waals surface area contributed by atoms with Crippen LogP contribution in [-0.2, 0) is 13.3 Å². The standard InChI is InChI=1S/C11H18O4Si/c1-4-16(13-2,14-3)15-11(12)10-8-6-5-7-9-10/h5-9,11-12H,4H2,1-3H3. The summed E-state index contributed by atoms with van der Waals surface area (Å²) in [5.41, 5.74) is 0.696. The highest BCUT2D eigenvalue weighted by atomic mass is 28.4. The maximum absolute atomic E-state index is 9.90. The van der Waals surface area contributed by atoms with Crippen LogP contribution in [0.5, 0.6) is 0 Å². The van der Waals surface area contributed by atoms with Crippen molar-refractivity contribution in [2.24, 2.45) is 0 Å². The minimum Gasteiger partial charge on any atom is -0.377 e. The van der Waals surface area contributed by atoms with E-state index in [4.69, 9.17) is 13.3 Å². The molecule has 16 heavy (non-hydrogen) atoms. The molecule has 0 aromatic heterocycles. The maximum atomic E-state index is 9.90. The third-order valence-corrected chi connectivity index (χ3v) is 5.12. The molecule has 1 aromatic rings. The van der Waals surface area contributed by atoms with Gasteiger partial charge >= 0.3 is 8.80 Å². The average Bonchev–Trinajstić information content (AvgIpc) is 2.37. The van der Waals surface area contributed by atoms with Crippen LogP contribution in [0.1, 0.15) is 18.8 Å². The van der Waals surface area contributed by atoms with E-state index in [9.17, 15) is 5.11 Å². The largest absolute Gasteiger partial charge is 0.502 e. The maximum Gasteiger partial charge on any atom is 0.502 e. The zero-order chi connectivity index (χ0) is 12.0. The van der Waals surface area contributed by atoms with E-state index in [0.717, 1.165) is 0 Å². The van der Waals surface area contributed by atoms with E-state index in [1.807, 2.05) is 25.1 Å². The van der Waals surface area contributed by atoms with Crippen LogP contribution in [0.3, 0.4) is 0 Å².